The van der Waals surface area contributed by atoms with Crippen molar-refractivity contribution in [2.45, 2.75) is 38.4 Å². The van der Waals surface area contributed by atoms with Gasteiger partial charge in [-0.3, -0.25) is 9.88 Å². The third-order valence-corrected chi connectivity index (χ3v) is 6.25. The van der Waals surface area contributed by atoms with Crippen LogP contribution in [0, 0.1) is 0 Å². The fourth-order valence-electron chi connectivity index (χ4n) is 4.26. The number of likely N-dealkylation sites (N-methyl/N-ethyl adjacent to an activating group) is 1. The number of fused-ring (bicyclic) bond motifs is 4. The molecule has 0 spiro atoms. The second-order valence-corrected chi connectivity index (χ2v) is 8.94. The molecule has 6 nitrogen and oxygen atoms in total. The minimum atomic E-state index is 0.245. The Hall–Kier alpha value is -3.09. The molecular weight excluding hydrogens is 426 g/mol. The summed E-state index contributed by atoms with van der Waals surface area (Å²) in [6.07, 6.45) is 5.63. The summed E-state index contributed by atoms with van der Waals surface area (Å²) in [4.78, 5) is 6.56. The maximum atomic E-state index is 6.25. The molecule has 34 heavy (non-hydrogen) atoms. The van der Waals surface area contributed by atoms with Gasteiger partial charge >= 0.3 is 0 Å². The van der Waals surface area contributed by atoms with Crippen molar-refractivity contribution in [2.24, 2.45) is 0 Å². The van der Waals surface area contributed by atoms with Gasteiger partial charge in [0.2, 0.25) is 0 Å². The monoisotopic (exact) mass is 461 g/mol. The lowest BCUT2D eigenvalue weighted by Crippen LogP contribution is -2.38. The highest BCUT2D eigenvalue weighted by Gasteiger charge is 2.18. The predicted octanol–water partition coefficient (Wildman–Crippen LogP) is 4.79. The SMILES string of the molecule is COc1ccc2c(c1)-c1cccc(c1)CN(C)[C@H](COc1cccnc1)CCCN[C@H](C)CO2. The Kier molecular flexibility index (Phi) is 8.39. The van der Waals surface area contributed by atoms with E-state index in [9.17, 15) is 0 Å². The van der Waals surface area contributed by atoms with E-state index < -0.39 is 0 Å². The average Bonchev–Trinajstić information content (AvgIpc) is 2.87. The van der Waals surface area contributed by atoms with Crippen LogP contribution in [0.25, 0.3) is 11.1 Å². The second-order valence-electron chi connectivity index (χ2n) is 8.94. The summed E-state index contributed by atoms with van der Waals surface area (Å²) >= 11 is 0. The quantitative estimate of drug-likeness (QED) is 0.603. The Morgan fingerprint density at radius 2 is 2.03 bits per heavy atom. The van der Waals surface area contributed by atoms with E-state index in [1.165, 1.54) is 5.56 Å². The number of nitrogens with zero attached hydrogens (tertiary/aromatic N) is 2. The Balaban J connectivity index is 1.59. The average molecular weight is 462 g/mol. The maximum absolute atomic E-state index is 6.25. The molecule has 6 heteroatoms. The number of nitrogens with one attached hydrogen (secondary N) is 1. The molecule has 0 unspecified atom stereocenters. The fourth-order valence-corrected chi connectivity index (χ4v) is 4.26. The first-order chi connectivity index (χ1) is 16.6. The lowest BCUT2D eigenvalue weighted by Gasteiger charge is -2.28. The number of benzene rings is 2. The van der Waals surface area contributed by atoms with Crippen molar-refractivity contribution in [2.75, 3.05) is 33.9 Å². The van der Waals surface area contributed by atoms with Crippen LogP contribution in [-0.4, -0.2) is 55.9 Å². The molecule has 1 N–H and O–H groups in total. The molecule has 2 atom stereocenters. The standard InChI is InChI=1S/C28H35N3O3/c1-21-19-34-28-12-11-25(32-3)16-27(28)23-8-4-7-22(15-23)18-31(2)24(9-5-14-30-21)20-33-26-10-6-13-29-17-26/h4,6-8,10-13,15-17,21,24,30H,5,9,14,18-20H2,1-3H3/t21-,24+/m1/s1. The van der Waals surface area contributed by atoms with Gasteiger partial charge in [-0.1, -0.05) is 18.2 Å². The minimum absolute atomic E-state index is 0.245. The van der Waals surface area contributed by atoms with Crippen LogP contribution in [0.5, 0.6) is 17.2 Å². The second kappa shape index (κ2) is 11.9. The van der Waals surface area contributed by atoms with E-state index in [1.54, 1.807) is 19.5 Å². The van der Waals surface area contributed by atoms with E-state index in [0.29, 0.717) is 13.2 Å². The molecule has 0 radical (unpaired) electrons. The van der Waals surface area contributed by atoms with Gasteiger partial charge in [0.25, 0.3) is 0 Å². The third kappa shape index (κ3) is 6.49. The molecule has 2 bridgehead atoms. The fraction of sp³-hybridized carbons (Fsp3) is 0.393. The third-order valence-electron chi connectivity index (χ3n) is 6.25. The van der Waals surface area contributed by atoms with E-state index in [4.69, 9.17) is 14.2 Å². The maximum Gasteiger partial charge on any atom is 0.137 e. The molecular formula is C28H35N3O3. The van der Waals surface area contributed by atoms with Crippen LogP contribution < -0.4 is 19.5 Å². The van der Waals surface area contributed by atoms with Crippen LogP contribution in [0.15, 0.2) is 67.0 Å². The van der Waals surface area contributed by atoms with E-state index in [-0.39, 0.29) is 12.1 Å². The molecule has 0 fully saturated rings. The van der Waals surface area contributed by atoms with Gasteiger partial charge in [0, 0.05) is 30.4 Å². The van der Waals surface area contributed by atoms with Crippen molar-refractivity contribution in [3.8, 4) is 28.4 Å². The van der Waals surface area contributed by atoms with Gasteiger partial charge in [0.15, 0.2) is 0 Å². The Bertz CT molecular complexity index is 1040. The molecule has 0 aliphatic carbocycles. The summed E-state index contributed by atoms with van der Waals surface area (Å²) in [7, 11) is 3.87. The van der Waals surface area contributed by atoms with Crippen LogP contribution in [0.1, 0.15) is 25.3 Å². The summed E-state index contributed by atoms with van der Waals surface area (Å²) < 4.78 is 17.8. The molecule has 0 saturated carbocycles. The van der Waals surface area contributed by atoms with Crippen molar-refractivity contribution in [3.05, 3.63) is 72.6 Å². The molecule has 2 heterocycles. The normalized spacial score (nSPS) is 19.7. The topological polar surface area (TPSA) is 55.9 Å². The zero-order chi connectivity index (χ0) is 23.8. The lowest BCUT2D eigenvalue weighted by atomic mass is 10.0. The van der Waals surface area contributed by atoms with Crippen LogP contribution in [-0.2, 0) is 6.54 Å². The zero-order valence-corrected chi connectivity index (χ0v) is 20.4. The van der Waals surface area contributed by atoms with Gasteiger partial charge in [-0.2, -0.15) is 0 Å². The van der Waals surface area contributed by atoms with Crippen LogP contribution in [0.3, 0.4) is 0 Å². The number of hydrogen-bond acceptors (Lipinski definition) is 6. The van der Waals surface area contributed by atoms with Crippen LogP contribution >= 0.6 is 0 Å². The summed E-state index contributed by atoms with van der Waals surface area (Å²) in [5.74, 6) is 2.50. The molecule has 4 rings (SSSR count). The van der Waals surface area contributed by atoms with E-state index in [2.05, 4.69) is 59.5 Å². The first-order valence-electron chi connectivity index (χ1n) is 12.0. The lowest BCUT2D eigenvalue weighted by molar-refractivity contribution is 0.144. The van der Waals surface area contributed by atoms with Crippen molar-refractivity contribution < 1.29 is 14.2 Å². The van der Waals surface area contributed by atoms with Gasteiger partial charge in [0.1, 0.15) is 30.5 Å². The van der Waals surface area contributed by atoms with Crippen molar-refractivity contribution in [1.82, 2.24) is 15.2 Å². The Morgan fingerprint density at radius 1 is 1.12 bits per heavy atom. The molecule has 1 aliphatic heterocycles. The molecule has 0 amide bonds. The molecule has 1 aromatic heterocycles. The molecule has 0 saturated heterocycles. The predicted molar refractivity (Wildman–Crippen MR) is 136 cm³/mol. The molecule has 1 aliphatic rings. The number of aromatic nitrogens is 1. The van der Waals surface area contributed by atoms with E-state index in [1.807, 2.05) is 24.3 Å². The number of rotatable bonds is 4. The molecule has 180 valence electrons. The van der Waals surface area contributed by atoms with Crippen LogP contribution in [0.4, 0.5) is 0 Å². The van der Waals surface area contributed by atoms with Crippen molar-refractivity contribution in [1.29, 1.82) is 0 Å². The highest BCUT2D eigenvalue weighted by molar-refractivity contribution is 5.72. The van der Waals surface area contributed by atoms with E-state index in [0.717, 1.165) is 54.3 Å². The van der Waals surface area contributed by atoms with Gasteiger partial charge in [0.05, 0.1) is 13.3 Å². The van der Waals surface area contributed by atoms with Gasteiger partial charge in [-0.25, -0.2) is 0 Å². The number of ether oxygens (including phenoxy) is 3. The van der Waals surface area contributed by atoms with Crippen molar-refractivity contribution in [3.63, 3.8) is 0 Å². The Morgan fingerprint density at radius 3 is 2.85 bits per heavy atom. The number of methoxy groups -OCH3 is 1. The minimum Gasteiger partial charge on any atom is -0.497 e. The first-order valence-corrected chi connectivity index (χ1v) is 12.0. The van der Waals surface area contributed by atoms with E-state index >= 15 is 0 Å². The number of hydrogen-bond donors (Lipinski definition) is 1. The van der Waals surface area contributed by atoms with Gasteiger partial charge < -0.3 is 19.5 Å². The first kappa shape index (κ1) is 24.0. The Labute approximate surface area is 202 Å². The van der Waals surface area contributed by atoms with Crippen LogP contribution in [0.2, 0.25) is 0 Å². The summed E-state index contributed by atoms with van der Waals surface area (Å²) in [6, 6.07) is 19.1. The zero-order valence-electron chi connectivity index (χ0n) is 20.4. The summed E-state index contributed by atoms with van der Waals surface area (Å²) in [6.45, 7) is 5.16. The highest BCUT2D eigenvalue weighted by Crippen LogP contribution is 2.34. The largest absolute Gasteiger partial charge is 0.497 e. The van der Waals surface area contributed by atoms with Gasteiger partial charge in [-0.05, 0) is 80.9 Å². The molecule has 2 aromatic carbocycles. The highest BCUT2D eigenvalue weighted by atomic mass is 16.5. The molecule has 3 aromatic rings. The van der Waals surface area contributed by atoms with Crippen molar-refractivity contribution >= 4 is 0 Å². The smallest absolute Gasteiger partial charge is 0.137 e. The summed E-state index contributed by atoms with van der Waals surface area (Å²) in [5.41, 5.74) is 3.42. The number of pyridine rings is 1. The summed E-state index contributed by atoms with van der Waals surface area (Å²) in [5, 5.41) is 3.60. The van der Waals surface area contributed by atoms with Gasteiger partial charge in [-0.15, -0.1) is 0 Å².